The zero-order valence-electron chi connectivity index (χ0n) is 10.3. The fourth-order valence-electron chi connectivity index (χ4n) is 1.21. The Morgan fingerprint density at radius 1 is 0.619 bits per heavy atom. The normalized spacial score (nSPS) is 9.71. The van der Waals surface area contributed by atoms with Crippen molar-refractivity contribution in [2.45, 2.75) is 0 Å². The van der Waals surface area contributed by atoms with Crippen molar-refractivity contribution in [3.8, 4) is 0 Å². The monoisotopic (exact) mass is 332 g/mol. The topological polar surface area (TPSA) is 156 Å². The van der Waals surface area contributed by atoms with E-state index in [1.54, 1.807) is 0 Å². The van der Waals surface area contributed by atoms with Gasteiger partial charge < -0.3 is 30.2 Å². The second kappa shape index (κ2) is 11.2. The molecule has 0 aromatic heterocycles. The van der Waals surface area contributed by atoms with Gasteiger partial charge >= 0.3 is 61.6 Å². The Morgan fingerprint density at radius 3 is 0.952 bits per heavy atom. The summed E-state index contributed by atoms with van der Waals surface area (Å²) in [5.41, 5.74) is 0. The van der Waals surface area contributed by atoms with Gasteiger partial charge in [0.1, 0.15) is 26.2 Å². The van der Waals surface area contributed by atoms with Crippen LogP contribution in [0, 0.1) is 0 Å². The number of nitrogens with zero attached hydrogens (tertiary/aromatic N) is 2. The molecule has 0 fully saturated rings. The third kappa shape index (κ3) is 13.2. The predicted octanol–water partition coefficient (Wildman–Crippen LogP) is -2.52. The van der Waals surface area contributed by atoms with Crippen LogP contribution >= 0.6 is 0 Å². The molecule has 0 aliphatic carbocycles. The van der Waals surface area contributed by atoms with Crippen molar-refractivity contribution in [3.63, 3.8) is 0 Å². The zero-order chi connectivity index (χ0) is 15.7. The number of rotatable bonds is 10. The van der Waals surface area contributed by atoms with Gasteiger partial charge in [-0.1, -0.05) is 0 Å². The van der Waals surface area contributed by atoms with Crippen LogP contribution in [0.5, 0.6) is 0 Å². The quantitative estimate of drug-likeness (QED) is 0.315. The van der Waals surface area contributed by atoms with E-state index in [4.69, 9.17) is 20.4 Å². The van der Waals surface area contributed by atoms with E-state index in [2.05, 4.69) is 0 Å². The summed E-state index contributed by atoms with van der Waals surface area (Å²) in [7, 11) is 0. The van der Waals surface area contributed by atoms with E-state index in [0.717, 1.165) is 22.2 Å². The van der Waals surface area contributed by atoms with E-state index in [1.165, 1.54) is 0 Å². The molecule has 0 radical (unpaired) electrons. The maximum atomic E-state index is 10.5. The Morgan fingerprint density at radius 2 is 0.810 bits per heavy atom. The zero-order valence-corrected chi connectivity index (χ0v) is 10.3. The van der Waals surface area contributed by atoms with Gasteiger partial charge in [0, 0.05) is 12.4 Å². The van der Waals surface area contributed by atoms with Crippen molar-refractivity contribution in [1.82, 2.24) is 9.80 Å². The number of carboxylic acids is 4. The predicted molar refractivity (Wildman–Crippen MR) is 71.4 cm³/mol. The van der Waals surface area contributed by atoms with E-state index in [-0.39, 0.29) is 37.7 Å². The minimum absolute atomic E-state index is 0. The van der Waals surface area contributed by atoms with Crippen LogP contribution in [-0.2, 0) is 19.2 Å². The molecule has 10 nitrogen and oxygen atoms in total. The standard InChI is InChI=1S/C10H14N2O8.Ca.2H/c13-7(14)3-11(4-8(15)16)1-2-12(5-9(17)18)6-10(19)20;;;/h1-2H,3-6H2,(H,13,14)(H,15,16)(H,17,18)(H,19,20);;;. The molecule has 0 saturated heterocycles. The molecule has 0 unspecified atom stereocenters. The van der Waals surface area contributed by atoms with Gasteiger partial charge in [-0.25, -0.2) is 0 Å². The van der Waals surface area contributed by atoms with Crippen LogP contribution in [-0.4, -0.2) is 118 Å². The average Bonchev–Trinajstić information content (AvgIpc) is 2.22. The average molecular weight is 332 g/mol. The Hall–Kier alpha value is -1.52. The third-order valence-electron chi connectivity index (χ3n) is 1.84. The second-order valence-corrected chi connectivity index (χ2v) is 3.68. The Kier molecular flexibility index (Phi) is 11.6. The second-order valence-electron chi connectivity index (χ2n) is 3.68. The first kappa shape index (κ1) is 21.8. The van der Waals surface area contributed by atoms with Crippen molar-refractivity contribution in [2.24, 2.45) is 0 Å². The molecule has 21 heavy (non-hydrogen) atoms. The molecule has 0 aliphatic heterocycles. The van der Waals surface area contributed by atoms with E-state index in [1.807, 2.05) is 0 Å². The molecular weight excluding hydrogens is 316 g/mol. The van der Waals surface area contributed by atoms with Gasteiger partial charge in [-0.05, 0) is 0 Å². The van der Waals surface area contributed by atoms with Gasteiger partial charge in [0.15, 0.2) is 0 Å². The summed E-state index contributed by atoms with van der Waals surface area (Å²) in [4.78, 5) is 43.9. The third-order valence-corrected chi connectivity index (χ3v) is 1.84. The van der Waals surface area contributed by atoms with Gasteiger partial charge in [-0.2, -0.15) is 0 Å². The summed E-state index contributed by atoms with van der Waals surface area (Å²) in [5.74, 6) is -5.12. The SMILES string of the molecule is O=C(O)CN(C=CN(CC(=O)O)CC(=O)O)CC(=O)O.[CaH2]. The molecule has 0 bridgehead atoms. The van der Waals surface area contributed by atoms with Crippen LogP contribution in [0.2, 0.25) is 0 Å². The summed E-state index contributed by atoms with van der Waals surface area (Å²) in [5, 5.41) is 34.3. The number of carboxylic acid groups (broad SMARTS) is 4. The van der Waals surface area contributed by atoms with Crippen molar-refractivity contribution in [3.05, 3.63) is 12.4 Å². The van der Waals surface area contributed by atoms with Crippen molar-refractivity contribution in [1.29, 1.82) is 0 Å². The number of aliphatic carboxylic acids is 4. The van der Waals surface area contributed by atoms with E-state index in [0.29, 0.717) is 0 Å². The molecule has 0 saturated carbocycles. The minimum atomic E-state index is -1.28. The van der Waals surface area contributed by atoms with Gasteiger partial charge in [-0.15, -0.1) is 0 Å². The fraction of sp³-hybridized carbons (Fsp3) is 0.400. The van der Waals surface area contributed by atoms with Crippen LogP contribution in [0.1, 0.15) is 0 Å². The Labute approximate surface area is 149 Å². The molecule has 4 N–H and O–H groups in total. The number of hydrogen-bond acceptors (Lipinski definition) is 6. The first-order valence-corrected chi connectivity index (χ1v) is 5.24. The van der Waals surface area contributed by atoms with Crippen LogP contribution in [0.3, 0.4) is 0 Å². The van der Waals surface area contributed by atoms with Crippen LogP contribution < -0.4 is 0 Å². The summed E-state index contributed by atoms with van der Waals surface area (Å²) >= 11 is 0. The van der Waals surface area contributed by atoms with E-state index < -0.39 is 50.1 Å². The first-order valence-electron chi connectivity index (χ1n) is 5.24. The van der Waals surface area contributed by atoms with Crippen molar-refractivity contribution < 1.29 is 39.6 Å². The van der Waals surface area contributed by atoms with Gasteiger partial charge in [-0.3, -0.25) is 19.2 Å². The molecule has 0 atom stereocenters. The van der Waals surface area contributed by atoms with Crippen molar-refractivity contribution >= 4 is 61.6 Å². The first-order chi connectivity index (χ1) is 9.20. The molecule has 0 spiro atoms. The van der Waals surface area contributed by atoms with Gasteiger partial charge in [0.2, 0.25) is 0 Å². The number of hydrogen-bond donors (Lipinski definition) is 4. The molecule has 116 valence electrons. The van der Waals surface area contributed by atoms with Gasteiger partial charge in [0.05, 0.1) is 0 Å². The van der Waals surface area contributed by atoms with E-state index >= 15 is 0 Å². The van der Waals surface area contributed by atoms with Gasteiger partial charge in [0.25, 0.3) is 0 Å². The van der Waals surface area contributed by atoms with E-state index in [9.17, 15) is 19.2 Å². The summed E-state index contributed by atoms with van der Waals surface area (Å²) in [6.07, 6.45) is 2.04. The molecular formula is C10H16CaN2O8. The molecule has 0 amide bonds. The summed E-state index contributed by atoms with van der Waals surface area (Å²) in [6, 6.07) is 0. The summed E-state index contributed by atoms with van der Waals surface area (Å²) < 4.78 is 0. The molecule has 0 rings (SSSR count). The molecule has 0 aliphatic rings. The maximum absolute atomic E-state index is 10.5. The summed E-state index contributed by atoms with van der Waals surface area (Å²) in [6.45, 7) is -2.46. The van der Waals surface area contributed by atoms with Crippen LogP contribution in [0.25, 0.3) is 0 Å². The Bertz CT molecular complexity index is 355. The fourth-order valence-corrected chi connectivity index (χ4v) is 1.21. The van der Waals surface area contributed by atoms with Crippen LogP contribution in [0.15, 0.2) is 12.4 Å². The molecule has 0 heterocycles. The van der Waals surface area contributed by atoms with Crippen molar-refractivity contribution in [2.75, 3.05) is 26.2 Å². The molecule has 0 aromatic carbocycles. The molecule has 0 aromatic rings. The molecule has 11 heteroatoms. The van der Waals surface area contributed by atoms with Crippen LogP contribution in [0.4, 0.5) is 0 Å². The number of carbonyl (C=O) groups is 4. The Balaban J connectivity index is 0.